The maximum absolute atomic E-state index is 14.5. The predicted molar refractivity (Wildman–Crippen MR) is 86.0 cm³/mol. The number of fused-ring (bicyclic) bond motifs is 1. The van der Waals surface area contributed by atoms with E-state index in [2.05, 4.69) is 15.9 Å². The fraction of sp³-hybridized carbons (Fsp3) is 0.125. The van der Waals surface area contributed by atoms with Gasteiger partial charge in [0.2, 0.25) is 0 Å². The molecule has 1 N–H and O–H groups in total. The number of aryl methyl sites for hydroxylation is 1. The molecule has 0 saturated carbocycles. The molecule has 0 aliphatic heterocycles. The third-order valence-corrected chi connectivity index (χ3v) is 4.84. The zero-order chi connectivity index (χ0) is 16.0. The maximum Gasteiger partial charge on any atom is 0.132 e. The minimum Gasteiger partial charge on any atom is -0.383 e. The minimum absolute atomic E-state index is 0.0335. The monoisotopic (exact) mass is 385 g/mol. The summed E-state index contributed by atoms with van der Waals surface area (Å²) in [6.45, 7) is 0. The van der Waals surface area contributed by atoms with Crippen LogP contribution in [0.1, 0.15) is 17.2 Å². The molecule has 0 bridgehead atoms. The molecule has 0 saturated heterocycles. The van der Waals surface area contributed by atoms with Crippen molar-refractivity contribution in [3.63, 3.8) is 0 Å². The average molecular weight is 387 g/mol. The summed E-state index contributed by atoms with van der Waals surface area (Å²) in [5.41, 5.74) is 0.841. The fourth-order valence-electron chi connectivity index (χ4n) is 2.49. The van der Waals surface area contributed by atoms with Gasteiger partial charge >= 0.3 is 0 Å². The van der Waals surface area contributed by atoms with Crippen LogP contribution < -0.4 is 0 Å². The van der Waals surface area contributed by atoms with Crippen LogP contribution in [0.15, 0.2) is 41.0 Å². The van der Waals surface area contributed by atoms with Crippen molar-refractivity contribution in [1.29, 1.82) is 0 Å². The van der Waals surface area contributed by atoms with Gasteiger partial charge in [-0.15, -0.1) is 0 Å². The molecular weight excluding hydrogens is 376 g/mol. The van der Waals surface area contributed by atoms with Crippen LogP contribution in [0, 0.1) is 11.6 Å². The van der Waals surface area contributed by atoms with E-state index in [0.29, 0.717) is 9.99 Å². The summed E-state index contributed by atoms with van der Waals surface area (Å²) in [5, 5.41) is 11.4. The van der Waals surface area contributed by atoms with Crippen molar-refractivity contribution in [2.75, 3.05) is 0 Å². The standard InChI is InChI=1S/C16H11BrClF2NO/c1-21-5-4-9-13(21)7-12(20)14(15(9)17)16(22)10-6-8(19)2-3-11(10)18/h2-7,16,22H,1H3. The van der Waals surface area contributed by atoms with E-state index in [0.717, 1.165) is 11.5 Å². The highest BCUT2D eigenvalue weighted by atomic mass is 79.9. The molecule has 0 fully saturated rings. The second-order valence-electron chi connectivity index (χ2n) is 5.01. The molecule has 1 heterocycles. The van der Waals surface area contributed by atoms with Gasteiger partial charge in [0, 0.05) is 39.3 Å². The second kappa shape index (κ2) is 5.65. The number of aromatic nitrogens is 1. The SMILES string of the molecule is Cn1ccc2c(Br)c(C(O)c3cc(F)ccc3Cl)c(F)cc21. The molecule has 1 unspecified atom stereocenters. The zero-order valence-electron chi connectivity index (χ0n) is 11.4. The molecule has 1 atom stereocenters. The van der Waals surface area contributed by atoms with Crippen LogP contribution in [0.3, 0.4) is 0 Å². The number of rotatable bonds is 2. The van der Waals surface area contributed by atoms with E-state index in [-0.39, 0.29) is 16.1 Å². The van der Waals surface area contributed by atoms with E-state index >= 15 is 0 Å². The van der Waals surface area contributed by atoms with E-state index in [4.69, 9.17) is 11.6 Å². The summed E-state index contributed by atoms with van der Waals surface area (Å²) in [6, 6.07) is 6.77. The van der Waals surface area contributed by atoms with Crippen molar-refractivity contribution in [3.8, 4) is 0 Å². The van der Waals surface area contributed by atoms with Gasteiger partial charge in [-0.05, 0) is 46.3 Å². The summed E-state index contributed by atoms with van der Waals surface area (Å²) >= 11 is 9.34. The van der Waals surface area contributed by atoms with E-state index < -0.39 is 17.7 Å². The third-order valence-electron chi connectivity index (χ3n) is 3.64. The summed E-state index contributed by atoms with van der Waals surface area (Å²) in [4.78, 5) is 0. The third kappa shape index (κ3) is 2.43. The van der Waals surface area contributed by atoms with Crippen molar-refractivity contribution < 1.29 is 13.9 Å². The van der Waals surface area contributed by atoms with Crippen LogP contribution in [0.25, 0.3) is 10.9 Å². The molecule has 3 rings (SSSR count). The van der Waals surface area contributed by atoms with Gasteiger partial charge in [-0.1, -0.05) is 11.6 Å². The summed E-state index contributed by atoms with van der Waals surface area (Å²) in [7, 11) is 1.80. The van der Waals surface area contributed by atoms with Crippen LogP contribution in [0.5, 0.6) is 0 Å². The molecule has 22 heavy (non-hydrogen) atoms. The highest BCUT2D eigenvalue weighted by Gasteiger charge is 2.23. The smallest absolute Gasteiger partial charge is 0.132 e. The van der Waals surface area contributed by atoms with E-state index in [1.807, 2.05) is 6.07 Å². The lowest BCUT2D eigenvalue weighted by Gasteiger charge is -2.17. The van der Waals surface area contributed by atoms with Crippen molar-refractivity contribution in [1.82, 2.24) is 4.57 Å². The highest BCUT2D eigenvalue weighted by Crippen LogP contribution is 2.38. The molecule has 114 valence electrons. The van der Waals surface area contributed by atoms with Crippen molar-refractivity contribution in [2.45, 2.75) is 6.10 Å². The molecule has 0 spiro atoms. The first-order chi connectivity index (χ1) is 10.4. The fourth-order valence-corrected chi connectivity index (χ4v) is 3.45. The number of halogens is 4. The molecule has 0 amide bonds. The number of benzene rings is 2. The number of aliphatic hydroxyl groups excluding tert-OH is 1. The Labute approximate surface area is 139 Å². The van der Waals surface area contributed by atoms with Gasteiger partial charge in [0.25, 0.3) is 0 Å². The Morgan fingerprint density at radius 2 is 1.95 bits per heavy atom. The van der Waals surface area contributed by atoms with Crippen molar-refractivity contribution in [2.24, 2.45) is 7.05 Å². The first-order valence-electron chi connectivity index (χ1n) is 6.46. The Bertz CT molecular complexity index is 878. The molecule has 0 aliphatic carbocycles. The van der Waals surface area contributed by atoms with Crippen LogP contribution in [-0.4, -0.2) is 9.67 Å². The lowest BCUT2D eigenvalue weighted by Crippen LogP contribution is -2.06. The number of aliphatic hydroxyl groups is 1. The summed E-state index contributed by atoms with van der Waals surface area (Å²) in [5.74, 6) is -1.13. The molecule has 0 radical (unpaired) electrons. The van der Waals surface area contributed by atoms with Crippen LogP contribution in [0.4, 0.5) is 8.78 Å². The molecule has 3 aromatic rings. The number of hydrogen-bond donors (Lipinski definition) is 1. The van der Waals surface area contributed by atoms with Crippen LogP contribution in [0.2, 0.25) is 5.02 Å². The second-order valence-corrected chi connectivity index (χ2v) is 6.21. The minimum atomic E-state index is -1.37. The van der Waals surface area contributed by atoms with Crippen molar-refractivity contribution >= 4 is 38.4 Å². The quantitative estimate of drug-likeness (QED) is 0.662. The first-order valence-corrected chi connectivity index (χ1v) is 7.63. The molecule has 1 aromatic heterocycles. The lowest BCUT2D eigenvalue weighted by atomic mass is 9.99. The number of hydrogen-bond acceptors (Lipinski definition) is 1. The molecule has 2 aromatic carbocycles. The molecule has 2 nitrogen and oxygen atoms in total. The topological polar surface area (TPSA) is 25.2 Å². The van der Waals surface area contributed by atoms with Crippen LogP contribution >= 0.6 is 27.5 Å². The van der Waals surface area contributed by atoms with Gasteiger partial charge < -0.3 is 9.67 Å². The maximum atomic E-state index is 14.5. The number of nitrogens with zero attached hydrogens (tertiary/aromatic N) is 1. The van der Waals surface area contributed by atoms with E-state index in [9.17, 15) is 13.9 Å². The van der Waals surface area contributed by atoms with E-state index in [1.165, 1.54) is 18.2 Å². The highest BCUT2D eigenvalue weighted by molar-refractivity contribution is 9.10. The Balaban J connectivity index is 2.23. The Kier molecular flexibility index (Phi) is 3.97. The largest absolute Gasteiger partial charge is 0.383 e. The van der Waals surface area contributed by atoms with Gasteiger partial charge in [0.15, 0.2) is 0 Å². The van der Waals surface area contributed by atoms with Gasteiger partial charge in [-0.25, -0.2) is 8.78 Å². The first kappa shape index (κ1) is 15.5. The molecule has 0 aliphatic rings. The van der Waals surface area contributed by atoms with Crippen molar-refractivity contribution in [3.05, 3.63) is 68.8 Å². The Morgan fingerprint density at radius 1 is 1.23 bits per heavy atom. The van der Waals surface area contributed by atoms with Gasteiger partial charge in [-0.3, -0.25) is 0 Å². The predicted octanol–water partition coefficient (Wildman–Crippen LogP) is 4.95. The Morgan fingerprint density at radius 3 is 2.68 bits per heavy atom. The van der Waals surface area contributed by atoms with E-state index in [1.54, 1.807) is 17.8 Å². The Hall–Kier alpha value is -1.43. The van der Waals surface area contributed by atoms with Gasteiger partial charge in [0.05, 0.1) is 5.52 Å². The lowest BCUT2D eigenvalue weighted by molar-refractivity contribution is 0.214. The zero-order valence-corrected chi connectivity index (χ0v) is 13.8. The average Bonchev–Trinajstić information content (AvgIpc) is 2.83. The van der Waals surface area contributed by atoms with Crippen LogP contribution in [-0.2, 0) is 7.05 Å². The van der Waals surface area contributed by atoms with Gasteiger partial charge in [0.1, 0.15) is 17.7 Å². The summed E-state index contributed by atoms with van der Waals surface area (Å²) in [6.07, 6.45) is 0.419. The summed E-state index contributed by atoms with van der Waals surface area (Å²) < 4.78 is 30.1. The normalized spacial score (nSPS) is 12.8. The van der Waals surface area contributed by atoms with Gasteiger partial charge in [-0.2, -0.15) is 0 Å². The molecule has 6 heteroatoms. The molecular formula is C16H11BrClF2NO.